The highest BCUT2D eigenvalue weighted by Gasteiger charge is 2.23. The van der Waals surface area contributed by atoms with Gasteiger partial charge in [-0.1, -0.05) is 164 Å². The SMILES string of the molecule is [2H]c1c([2H])c([2H])c(-n2c3c([2H])c([2H])c([2H])c4c5c([2H])c([2H])c([2H])c([2H])c5c5c(-c6ccc7oc8cccc(-c9nc(-c%10ccccc%10)nc(-c%10ccc(-c%11ccccc%11)cc%10)n9)c8c7c6)c([2H])c([2H])c2c5c43)c([2H])c1[2H]. The van der Waals surface area contributed by atoms with Crippen molar-refractivity contribution >= 4 is 65.3 Å². The van der Waals surface area contributed by atoms with E-state index in [4.69, 9.17) is 30.3 Å². The smallest absolute Gasteiger partial charge is 0.164 e. The van der Waals surface area contributed by atoms with Crippen LogP contribution in [0.1, 0.15) is 19.2 Å². The highest BCUT2D eigenvalue weighted by atomic mass is 16.3. The molecule has 0 aliphatic rings. The molecule has 13 rings (SSSR count). The Morgan fingerprint density at radius 1 is 0.371 bits per heavy atom. The molecule has 0 fully saturated rings. The van der Waals surface area contributed by atoms with E-state index < -0.39 is 90.3 Å². The molecule has 0 saturated heterocycles. The fourth-order valence-corrected chi connectivity index (χ4v) is 8.69. The fourth-order valence-electron chi connectivity index (χ4n) is 8.69. The monoisotopic (exact) mass is 804 g/mol. The Balaban J connectivity index is 1.13. The first-order valence-electron chi connectivity index (χ1n) is 26.8. The van der Waals surface area contributed by atoms with E-state index in [1.807, 2.05) is 97.1 Å². The number of furan rings is 1. The van der Waals surface area contributed by atoms with Gasteiger partial charge in [0, 0.05) is 49.3 Å². The summed E-state index contributed by atoms with van der Waals surface area (Å²) in [7, 11) is 0. The van der Waals surface area contributed by atoms with Gasteiger partial charge in [0.1, 0.15) is 11.2 Å². The van der Waals surface area contributed by atoms with Gasteiger partial charge in [0.05, 0.1) is 30.2 Å². The minimum Gasteiger partial charge on any atom is -0.456 e. The van der Waals surface area contributed by atoms with Gasteiger partial charge in [-0.3, -0.25) is 0 Å². The van der Waals surface area contributed by atoms with Gasteiger partial charge in [-0.15, -0.1) is 0 Å². The van der Waals surface area contributed by atoms with Crippen molar-refractivity contribution in [1.29, 1.82) is 0 Å². The van der Waals surface area contributed by atoms with E-state index in [9.17, 15) is 8.22 Å². The molecule has 0 atom stereocenters. The van der Waals surface area contributed by atoms with Crippen LogP contribution >= 0.6 is 0 Å². The molecule has 0 spiro atoms. The van der Waals surface area contributed by atoms with Crippen molar-refractivity contribution in [2.45, 2.75) is 0 Å². The summed E-state index contributed by atoms with van der Waals surface area (Å²) in [6, 6.07) is 29.3. The van der Waals surface area contributed by atoms with Crippen LogP contribution in [0.15, 0.2) is 210 Å². The van der Waals surface area contributed by atoms with Crippen LogP contribution in [0.25, 0.3) is 127 Å². The quantitative estimate of drug-likeness (QED) is 0.157. The molecule has 0 bridgehead atoms. The van der Waals surface area contributed by atoms with E-state index in [-0.39, 0.29) is 48.9 Å². The molecule has 0 saturated carbocycles. The Morgan fingerprint density at radius 2 is 0.984 bits per heavy atom. The van der Waals surface area contributed by atoms with Crippen molar-refractivity contribution in [1.82, 2.24) is 19.5 Å². The van der Waals surface area contributed by atoms with Gasteiger partial charge in [-0.2, -0.15) is 0 Å². The third kappa shape index (κ3) is 5.25. The molecule has 62 heavy (non-hydrogen) atoms. The van der Waals surface area contributed by atoms with Crippen LogP contribution in [0, 0.1) is 0 Å². The van der Waals surface area contributed by atoms with E-state index in [2.05, 4.69) is 0 Å². The number of hydrogen-bond donors (Lipinski definition) is 0. The second-order valence-electron chi connectivity index (χ2n) is 14.9. The number of hydrogen-bond acceptors (Lipinski definition) is 4. The number of nitrogens with zero attached hydrogens (tertiary/aromatic N) is 4. The summed E-state index contributed by atoms with van der Waals surface area (Å²) in [5, 5.41) is 0.680. The Bertz CT molecular complexity index is 4650. The molecular weight excluding hydrogens is 757 g/mol. The van der Waals surface area contributed by atoms with Gasteiger partial charge >= 0.3 is 0 Å². The fraction of sp³-hybridized carbons (Fsp3) is 0. The van der Waals surface area contributed by atoms with Crippen LogP contribution in [0.3, 0.4) is 0 Å². The molecule has 0 aliphatic carbocycles. The third-order valence-electron chi connectivity index (χ3n) is 11.4. The zero-order valence-corrected chi connectivity index (χ0v) is 32.2. The van der Waals surface area contributed by atoms with Crippen LogP contribution in [0.2, 0.25) is 0 Å². The summed E-state index contributed by atoms with van der Waals surface area (Å²) >= 11 is 0. The van der Waals surface area contributed by atoms with Crippen molar-refractivity contribution in [3.63, 3.8) is 0 Å². The van der Waals surface area contributed by atoms with Gasteiger partial charge < -0.3 is 8.98 Å². The first-order chi connectivity index (χ1) is 36.6. The average Bonchev–Trinajstić information content (AvgIpc) is 4.00. The first kappa shape index (κ1) is 23.4. The molecule has 3 heterocycles. The van der Waals surface area contributed by atoms with E-state index >= 15 is 0 Å². The van der Waals surface area contributed by atoms with Crippen LogP contribution < -0.4 is 0 Å². The van der Waals surface area contributed by atoms with Crippen LogP contribution in [0.4, 0.5) is 0 Å². The molecule has 0 radical (unpaired) electrons. The van der Waals surface area contributed by atoms with Crippen LogP contribution in [-0.4, -0.2) is 19.5 Å². The Labute approximate surface area is 375 Å². The van der Waals surface area contributed by atoms with E-state index in [0.29, 0.717) is 50.5 Å². The van der Waals surface area contributed by atoms with Gasteiger partial charge in [-0.05, 0) is 80.8 Å². The normalized spacial score (nSPS) is 15.0. The van der Waals surface area contributed by atoms with Crippen LogP contribution in [-0.2, 0) is 0 Å². The molecule has 0 aliphatic heterocycles. The van der Waals surface area contributed by atoms with Crippen molar-refractivity contribution in [3.05, 3.63) is 206 Å². The lowest BCUT2D eigenvalue weighted by Crippen LogP contribution is -2.00. The van der Waals surface area contributed by atoms with E-state index in [1.54, 1.807) is 24.3 Å². The maximum absolute atomic E-state index is 9.96. The molecule has 0 unspecified atom stereocenters. The molecule has 5 nitrogen and oxygen atoms in total. The van der Waals surface area contributed by atoms with Crippen molar-refractivity contribution in [2.75, 3.05) is 0 Å². The summed E-state index contributed by atoms with van der Waals surface area (Å²) in [6.07, 6.45) is 0. The van der Waals surface area contributed by atoms with E-state index in [0.717, 1.165) is 26.8 Å². The Hall–Kier alpha value is -8.41. The van der Waals surface area contributed by atoms with Gasteiger partial charge in [0.2, 0.25) is 0 Å². The maximum atomic E-state index is 9.96. The second kappa shape index (κ2) is 13.6. The van der Waals surface area contributed by atoms with Crippen molar-refractivity contribution in [2.24, 2.45) is 0 Å². The lowest BCUT2D eigenvalue weighted by Gasteiger charge is -2.13. The predicted molar refractivity (Wildman–Crippen MR) is 255 cm³/mol. The van der Waals surface area contributed by atoms with E-state index in [1.165, 1.54) is 0 Å². The zero-order chi connectivity index (χ0) is 52.9. The molecule has 288 valence electrons. The largest absolute Gasteiger partial charge is 0.456 e. The molecular formula is C57H34N4O. The molecule has 5 heteroatoms. The Kier molecular flexibility index (Phi) is 5.12. The van der Waals surface area contributed by atoms with Gasteiger partial charge in [-0.25, -0.2) is 15.0 Å². The minimum atomic E-state index is -0.727. The minimum absolute atomic E-state index is 0.0122. The number of para-hydroxylation sites is 1. The maximum Gasteiger partial charge on any atom is 0.164 e. The lowest BCUT2D eigenvalue weighted by atomic mass is 9.89. The third-order valence-corrected chi connectivity index (χ3v) is 11.4. The molecule has 10 aromatic carbocycles. The topological polar surface area (TPSA) is 56.7 Å². The zero-order valence-electron chi connectivity index (χ0n) is 46.2. The van der Waals surface area contributed by atoms with Crippen LogP contribution in [0.5, 0.6) is 0 Å². The van der Waals surface area contributed by atoms with Crippen molar-refractivity contribution in [3.8, 4) is 62.1 Å². The summed E-state index contributed by atoms with van der Waals surface area (Å²) in [5.41, 5.74) is 4.42. The number of aromatic nitrogens is 4. The summed E-state index contributed by atoms with van der Waals surface area (Å²) in [4.78, 5) is 15.1. The first-order valence-corrected chi connectivity index (χ1v) is 19.8. The number of benzene rings is 10. The molecule has 13 aromatic rings. The molecule has 0 N–H and O–H groups in total. The average molecular weight is 805 g/mol. The Morgan fingerprint density at radius 3 is 1.77 bits per heavy atom. The number of fused-ring (bicyclic) bond motifs is 6. The predicted octanol–water partition coefficient (Wildman–Crippen LogP) is 14.9. The van der Waals surface area contributed by atoms with Gasteiger partial charge in [0.25, 0.3) is 0 Å². The van der Waals surface area contributed by atoms with Crippen molar-refractivity contribution < 1.29 is 23.6 Å². The lowest BCUT2D eigenvalue weighted by molar-refractivity contribution is 0.669. The highest BCUT2D eigenvalue weighted by molar-refractivity contribution is 6.36. The standard InChI is InChI=1S/C57H34N4O/c1-4-14-35(15-5-1)36-26-28-38(29-27-36)56-58-55(37-16-6-2-7-17-37)59-57(60-56)45-23-13-25-50-51(45)46-34-39(30-33-49(46)62-50)41-31-32-48-54-52(41)43-21-11-10-20-42(43)44-22-12-24-47(53(44)54)61(48)40-18-8-3-9-19-40/h1-34H/i3D,8D,9D,10D,11D,12D,18D,19D,20D,21D,22D,24D,31D,32D. The summed E-state index contributed by atoms with van der Waals surface area (Å²) in [5.74, 6) is 1.16. The summed E-state index contributed by atoms with van der Waals surface area (Å²) in [6.45, 7) is 0. The molecule has 0 amide bonds. The highest BCUT2D eigenvalue weighted by Crippen LogP contribution is 2.48. The number of rotatable bonds is 6. The second-order valence-corrected chi connectivity index (χ2v) is 14.9. The molecule has 3 aromatic heterocycles. The van der Waals surface area contributed by atoms with Gasteiger partial charge in [0.15, 0.2) is 17.5 Å². The summed E-state index contributed by atoms with van der Waals surface area (Å²) < 4.78 is 136.